The Bertz CT molecular complexity index is 1210. The Labute approximate surface area is 190 Å². The molecule has 7 nitrogen and oxygen atoms in total. The van der Waals surface area contributed by atoms with Crippen molar-refractivity contribution in [3.05, 3.63) is 53.2 Å². The molecule has 3 heterocycles. The summed E-state index contributed by atoms with van der Waals surface area (Å²) in [5.41, 5.74) is 10.4. The Hall–Kier alpha value is -2.97. The molecule has 1 aliphatic rings. The number of carbonyl (C=O) groups is 1. The number of rotatable bonds is 3. The van der Waals surface area contributed by atoms with Crippen molar-refractivity contribution in [3.63, 3.8) is 0 Å². The van der Waals surface area contributed by atoms with Crippen molar-refractivity contribution < 1.29 is 4.79 Å². The third kappa shape index (κ3) is 3.77. The smallest absolute Gasteiger partial charge is 0.246 e. The predicted octanol–water partition coefficient (Wildman–Crippen LogP) is 3.56. The molecule has 1 unspecified atom stereocenters. The molecule has 0 saturated carbocycles. The van der Waals surface area contributed by atoms with Gasteiger partial charge in [-0.1, -0.05) is 36.5 Å². The van der Waals surface area contributed by atoms with Crippen LogP contribution in [0.2, 0.25) is 5.02 Å². The zero-order valence-corrected chi connectivity index (χ0v) is 18.9. The van der Waals surface area contributed by atoms with Gasteiger partial charge < -0.3 is 15.5 Å². The molecule has 0 radical (unpaired) electrons. The van der Waals surface area contributed by atoms with E-state index < -0.39 is 0 Å². The lowest BCUT2D eigenvalue weighted by molar-refractivity contribution is -0.128. The number of halogens is 1. The van der Waals surface area contributed by atoms with Crippen molar-refractivity contribution >= 4 is 51.4 Å². The molecular weight excluding hydrogens is 432 g/mol. The maximum Gasteiger partial charge on any atom is 0.246 e. The van der Waals surface area contributed by atoms with E-state index in [1.165, 1.54) is 6.08 Å². The number of nitrogen functional groups attached to an aromatic ring is 1. The number of hydrogen-bond donors (Lipinski definition) is 2. The second-order valence-electron chi connectivity index (χ2n) is 7.68. The molecule has 3 N–H and O–H groups in total. The highest BCUT2D eigenvalue weighted by Crippen LogP contribution is 2.36. The number of aromatic nitrogens is 3. The highest BCUT2D eigenvalue weighted by atomic mass is 35.5. The lowest BCUT2D eigenvalue weighted by Crippen LogP contribution is -2.55. The van der Waals surface area contributed by atoms with Crippen LogP contribution in [0.15, 0.2) is 37.1 Å². The zero-order valence-electron chi connectivity index (χ0n) is 17.4. The summed E-state index contributed by atoms with van der Waals surface area (Å²) in [6, 6.07) is 5.78. The van der Waals surface area contributed by atoms with Crippen LogP contribution in [0.25, 0.3) is 22.2 Å². The predicted molar refractivity (Wildman–Crippen MR) is 128 cm³/mol. The molecule has 1 amide bonds. The molecule has 160 valence electrons. The highest BCUT2D eigenvalue weighted by Gasteiger charge is 2.29. The highest BCUT2D eigenvalue weighted by molar-refractivity contribution is 7.80. The number of fused-ring (bicyclic) bond motifs is 1. The average molecular weight is 455 g/mol. The fourth-order valence-corrected chi connectivity index (χ4v) is 4.71. The van der Waals surface area contributed by atoms with E-state index in [9.17, 15) is 4.79 Å². The van der Waals surface area contributed by atoms with Crippen molar-refractivity contribution in [2.75, 3.05) is 25.4 Å². The van der Waals surface area contributed by atoms with E-state index in [2.05, 4.69) is 26.7 Å². The summed E-state index contributed by atoms with van der Waals surface area (Å²) in [6.45, 7) is 9.32. The molecule has 3 aromatic rings. The van der Waals surface area contributed by atoms with Crippen molar-refractivity contribution in [1.29, 1.82) is 0 Å². The number of hydrogen-bond acceptors (Lipinski definition) is 5. The number of benzene rings is 1. The van der Waals surface area contributed by atoms with Gasteiger partial charge in [-0.2, -0.15) is 5.10 Å². The third-order valence-electron chi connectivity index (χ3n) is 5.68. The number of aromatic amines is 1. The fourth-order valence-electron chi connectivity index (χ4n) is 4.03. The second-order valence-corrected chi connectivity index (χ2v) is 8.47. The molecular formula is C22H23ClN6OS. The van der Waals surface area contributed by atoms with E-state index in [1.54, 1.807) is 17.2 Å². The van der Waals surface area contributed by atoms with Crippen molar-refractivity contribution in [2.24, 2.45) is 0 Å². The van der Waals surface area contributed by atoms with Crippen LogP contribution in [-0.4, -0.2) is 61.6 Å². The molecule has 1 fully saturated rings. The first-order chi connectivity index (χ1) is 14.8. The molecule has 1 aliphatic heterocycles. The summed E-state index contributed by atoms with van der Waals surface area (Å²) in [5, 5.41) is 8.50. The number of pyridine rings is 1. The van der Waals surface area contributed by atoms with Crippen LogP contribution in [0, 0.1) is 6.92 Å². The summed E-state index contributed by atoms with van der Waals surface area (Å²) >= 11 is 12.4. The standard InChI is InChI=1S/C22H23ClN6OS/c1-4-18(30)28-7-8-29(13(3)11-28)22(31)14-9-16(23)20(26-21(14)24)19-12(2)5-6-17-15(19)10-25-27-17/h4-6,9-10,13H,1,7-8,11H2,2-3H3,(H2,24,26)(H,25,27). The summed E-state index contributed by atoms with van der Waals surface area (Å²) < 4.78 is 0. The lowest BCUT2D eigenvalue weighted by Gasteiger charge is -2.41. The van der Waals surface area contributed by atoms with Crippen LogP contribution >= 0.6 is 23.8 Å². The molecule has 1 saturated heterocycles. The van der Waals surface area contributed by atoms with Gasteiger partial charge in [0.25, 0.3) is 0 Å². The van der Waals surface area contributed by atoms with Crippen molar-refractivity contribution in [1.82, 2.24) is 25.0 Å². The van der Waals surface area contributed by atoms with Crippen LogP contribution < -0.4 is 5.73 Å². The molecule has 1 aromatic carbocycles. The van der Waals surface area contributed by atoms with Gasteiger partial charge in [-0.05, 0) is 37.6 Å². The van der Waals surface area contributed by atoms with E-state index in [0.717, 1.165) is 22.0 Å². The number of carbonyl (C=O) groups excluding carboxylic acids is 1. The van der Waals surface area contributed by atoms with Crippen molar-refractivity contribution in [3.8, 4) is 11.3 Å². The van der Waals surface area contributed by atoms with E-state index in [-0.39, 0.29) is 11.9 Å². The Morgan fingerprint density at radius 1 is 1.42 bits per heavy atom. The van der Waals surface area contributed by atoms with Gasteiger partial charge in [0, 0.05) is 36.6 Å². The van der Waals surface area contributed by atoms with Gasteiger partial charge in [-0.3, -0.25) is 9.89 Å². The number of piperazine rings is 1. The number of H-pyrrole nitrogens is 1. The first kappa shape index (κ1) is 21.3. The van der Waals surface area contributed by atoms with E-state index >= 15 is 0 Å². The first-order valence-corrected chi connectivity index (χ1v) is 10.7. The number of nitrogens with one attached hydrogen (secondary N) is 1. The van der Waals surface area contributed by atoms with Crippen LogP contribution in [-0.2, 0) is 4.79 Å². The van der Waals surface area contributed by atoms with Gasteiger partial charge in [0.15, 0.2) is 0 Å². The van der Waals surface area contributed by atoms with Gasteiger partial charge >= 0.3 is 0 Å². The summed E-state index contributed by atoms with van der Waals surface area (Å²) in [5.74, 6) is 0.246. The number of aryl methyl sites for hydroxylation is 1. The second kappa shape index (κ2) is 8.28. The van der Waals surface area contributed by atoms with Gasteiger partial charge in [-0.25, -0.2) is 4.98 Å². The zero-order chi connectivity index (χ0) is 22.3. The van der Waals surface area contributed by atoms with E-state index in [0.29, 0.717) is 46.7 Å². The number of anilines is 1. The van der Waals surface area contributed by atoms with Crippen molar-refractivity contribution in [2.45, 2.75) is 19.9 Å². The summed E-state index contributed by atoms with van der Waals surface area (Å²) in [6.07, 6.45) is 3.10. The van der Waals surface area contributed by atoms with Gasteiger partial charge in [0.1, 0.15) is 10.8 Å². The van der Waals surface area contributed by atoms with Gasteiger partial charge in [0.2, 0.25) is 5.91 Å². The van der Waals surface area contributed by atoms with Gasteiger partial charge in [-0.15, -0.1) is 0 Å². The average Bonchev–Trinajstić information content (AvgIpc) is 3.23. The largest absolute Gasteiger partial charge is 0.383 e. The van der Waals surface area contributed by atoms with Crippen LogP contribution in [0.3, 0.4) is 0 Å². The number of nitrogens with two attached hydrogens (primary N) is 1. The maximum atomic E-state index is 11.9. The Balaban J connectivity index is 1.67. The topological polar surface area (TPSA) is 91.1 Å². The van der Waals surface area contributed by atoms with E-state index in [4.69, 9.17) is 29.6 Å². The third-order valence-corrected chi connectivity index (χ3v) is 6.42. The normalized spacial score (nSPS) is 16.5. The fraction of sp³-hybridized carbons (Fsp3) is 0.273. The Morgan fingerprint density at radius 3 is 2.90 bits per heavy atom. The molecule has 9 heteroatoms. The van der Waals surface area contributed by atoms with Crippen LogP contribution in [0.1, 0.15) is 18.1 Å². The minimum atomic E-state index is -0.0743. The molecule has 2 aromatic heterocycles. The number of nitrogens with zero attached hydrogens (tertiary/aromatic N) is 4. The lowest BCUT2D eigenvalue weighted by atomic mass is 10.00. The SMILES string of the molecule is C=CC(=O)N1CCN(C(=S)c2cc(Cl)c(-c3c(C)ccc4[nH]ncc34)nc2N)C(C)C1. The Kier molecular flexibility index (Phi) is 5.68. The monoisotopic (exact) mass is 454 g/mol. The molecule has 1 atom stereocenters. The number of amides is 1. The van der Waals surface area contributed by atoms with Crippen LogP contribution in [0.5, 0.6) is 0 Å². The molecule has 0 aliphatic carbocycles. The number of thiocarbonyl (C=S) groups is 1. The van der Waals surface area contributed by atoms with E-state index in [1.807, 2.05) is 26.0 Å². The quantitative estimate of drug-likeness (QED) is 0.464. The molecule has 31 heavy (non-hydrogen) atoms. The minimum Gasteiger partial charge on any atom is -0.383 e. The minimum absolute atomic E-state index is 0.0323. The molecule has 0 spiro atoms. The summed E-state index contributed by atoms with van der Waals surface area (Å²) in [4.78, 5) is 21.0. The molecule has 4 rings (SSSR count). The first-order valence-electron chi connectivity index (χ1n) is 9.93. The van der Waals surface area contributed by atoms with Crippen LogP contribution in [0.4, 0.5) is 5.82 Å². The molecule has 0 bridgehead atoms. The maximum absolute atomic E-state index is 11.9. The Morgan fingerprint density at radius 2 is 2.19 bits per heavy atom. The summed E-state index contributed by atoms with van der Waals surface area (Å²) in [7, 11) is 0. The van der Waals surface area contributed by atoms with Gasteiger partial charge in [0.05, 0.1) is 28.0 Å².